The van der Waals surface area contributed by atoms with E-state index in [1.54, 1.807) is 36.4 Å². The van der Waals surface area contributed by atoms with Gasteiger partial charge in [0, 0.05) is 29.8 Å². The van der Waals surface area contributed by atoms with E-state index in [9.17, 15) is 14.9 Å². The van der Waals surface area contributed by atoms with Gasteiger partial charge in [0.15, 0.2) is 5.78 Å². The maximum Gasteiger partial charge on any atom is 0.293 e. The van der Waals surface area contributed by atoms with Crippen molar-refractivity contribution in [3.63, 3.8) is 0 Å². The lowest BCUT2D eigenvalue weighted by Gasteiger charge is -2.35. The number of carbonyl (C=O) groups is 1. The topological polar surface area (TPSA) is 63.5 Å². The predicted octanol–water partition coefficient (Wildman–Crippen LogP) is 4.98. The standard InChI is InChI=1S/C21H24N2O3/c1-2-22(18-11-7-4-8-12-18)19-14-13-17(15-20(19)23(25)26)21(24)16-9-5-3-6-10-16/h3,5-6,9-10,13-15,18H,2,4,7-8,11-12H2,1H3. The van der Waals surface area contributed by atoms with Crippen LogP contribution in [0, 0.1) is 10.1 Å². The molecule has 0 amide bonds. The van der Waals surface area contributed by atoms with Crippen molar-refractivity contribution in [1.29, 1.82) is 0 Å². The molecule has 3 rings (SSSR count). The van der Waals surface area contributed by atoms with Crippen molar-refractivity contribution in [2.24, 2.45) is 0 Å². The third-order valence-electron chi connectivity index (χ3n) is 5.14. The average Bonchev–Trinajstić information content (AvgIpc) is 2.69. The zero-order valence-corrected chi connectivity index (χ0v) is 15.1. The summed E-state index contributed by atoms with van der Waals surface area (Å²) in [6.07, 6.45) is 5.70. The first-order valence-corrected chi connectivity index (χ1v) is 9.26. The number of nitro benzene ring substituents is 1. The summed E-state index contributed by atoms with van der Waals surface area (Å²) in [5, 5.41) is 11.7. The van der Waals surface area contributed by atoms with Gasteiger partial charge in [-0.15, -0.1) is 0 Å². The van der Waals surface area contributed by atoms with E-state index in [-0.39, 0.29) is 16.4 Å². The molecule has 2 aromatic rings. The highest BCUT2D eigenvalue weighted by atomic mass is 16.6. The van der Waals surface area contributed by atoms with Crippen LogP contribution in [-0.4, -0.2) is 23.3 Å². The van der Waals surface area contributed by atoms with Crippen molar-refractivity contribution in [3.8, 4) is 0 Å². The van der Waals surface area contributed by atoms with Gasteiger partial charge in [-0.05, 0) is 31.9 Å². The molecule has 0 spiro atoms. The van der Waals surface area contributed by atoms with Crippen molar-refractivity contribution in [1.82, 2.24) is 0 Å². The Morgan fingerprint density at radius 3 is 2.38 bits per heavy atom. The van der Waals surface area contributed by atoms with Gasteiger partial charge < -0.3 is 4.90 Å². The van der Waals surface area contributed by atoms with Gasteiger partial charge in [0.2, 0.25) is 0 Å². The molecule has 1 fully saturated rings. The number of benzene rings is 2. The van der Waals surface area contributed by atoms with Crippen molar-refractivity contribution in [2.45, 2.75) is 45.1 Å². The Morgan fingerprint density at radius 1 is 1.08 bits per heavy atom. The average molecular weight is 352 g/mol. The molecule has 0 aromatic heterocycles. The lowest BCUT2D eigenvalue weighted by atomic mass is 9.93. The first kappa shape index (κ1) is 18.1. The highest BCUT2D eigenvalue weighted by molar-refractivity contribution is 6.09. The fourth-order valence-corrected chi connectivity index (χ4v) is 3.83. The molecule has 136 valence electrons. The van der Waals surface area contributed by atoms with Crippen LogP contribution >= 0.6 is 0 Å². The zero-order chi connectivity index (χ0) is 18.5. The number of hydrogen-bond donors (Lipinski definition) is 0. The van der Waals surface area contributed by atoms with Crippen LogP contribution in [0.1, 0.15) is 54.9 Å². The Balaban J connectivity index is 1.96. The minimum Gasteiger partial charge on any atom is -0.363 e. The number of carbonyl (C=O) groups excluding carboxylic acids is 1. The Kier molecular flexibility index (Phi) is 5.66. The van der Waals surface area contributed by atoms with Gasteiger partial charge in [-0.1, -0.05) is 49.6 Å². The quantitative estimate of drug-likeness (QED) is 0.418. The van der Waals surface area contributed by atoms with E-state index >= 15 is 0 Å². The third-order valence-corrected chi connectivity index (χ3v) is 5.14. The molecule has 0 heterocycles. The molecule has 5 nitrogen and oxygen atoms in total. The Labute approximate surface area is 153 Å². The predicted molar refractivity (Wildman–Crippen MR) is 103 cm³/mol. The second-order valence-corrected chi connectivity index (χ2v) is 6.73. The summed E-state index contributed by atoms with van der Waals surface area (Å²) in [6.45, 7) is 2.75. The largest absolute Gasteiger partial charge is 0.363 e. The molecule has 0 N–H and O–H groups in total. The van der Waals surface area contributed by atoms with Crippen LogP contribution in [0.4, 0.5) is 11.4 Å². The van der Waals surface area contributed by atoms with E-state index in [0.29, 0.717) is 22.9 Å². The van der Waals surface area contributed by atoms with Gasteiger partial charge in [-0.3, -0.25) is 14.9 Å². The van der Waals surface area contributed by atoms with Crippen LogP contribution in [0.15, 0.2) is 48.5 Å². The molecule has 1 saturated carbocycles. The van der Waals surface area contributed by atoms with E-state index in [4.69, 9.17) is 0 Å². The van der Waals surface area contributed by atoms with Gasteiger partial charge in [-0.25, -0.2) is 0 Å². The maximum absolute atomic E-state index is 12.6. The summed E-state index contributed by atoms with van der Waals surface area (Å²) in [6, 6.07) is 14.1. The molecule has 0 bridgehead atoms. The minimum absolute atomic E-state index is 0.0132. The van der Waals surface area contributed by atoms with Crippen LogP contribution in [0.5, 0.6) is 0 Å². The molecule has 0 radical (unpaired) electrons. The molecule has 2 aromatic carbocycles. The van der Waals surface area contributed by atoms with Gasteiger partial charge in [-0.2, -0.15) is 0 Å². The van der Waals surface area contributed by atoms with Gasteiger partial charge >= 0.3 is 0 Å². The first-order chi connectivity index (χ1) is 12.6. The van der Waals surface area contributed by atoms with E-state index in [2.05, 4.69) is 4.90 Å². The van der Waals surface area contributed by atoms with Crippen molar-refractivity contribution in [3.05, 3.63) is 69.8 Å². The smallest absolute Gasteiger partial charge is 0.293 e. The second-order valence-electron chi connectivity index (χ2n) is 6.73. The molecule has 26 heavy (non-hydrogen) atoms. The van der Waals surface area contributed by atoms with Crippen LogP contribution in [0.25, 0.3) is 0 Å². The van der Waals surface area contributed by atoms with Crippen LogP contribution in [0.3, 0.4) is 0 Å². The normalized spacial score (nSPS) is 14.8. The number of rotatable bonds is 6. The molecule has 0 unspecified atom stereocenters. The highest BCUT2D eigenvalue weighted by Crippen LogP contribution is 2.34. The van der Waals surface area contributed by atoms with Gasteiger partial charge in [0.25, 0.3) is 5.69 Å². The highest BCUT2D eigenvalue weighted by Gasteiger charge is 2.27. The molecular formula is C21H24N2O3. The van der Waals surface area contributed by atoms with Gasteiger partial charge in [0.05, 0.1) is 4.92 Å². The number of hydrogen-bond acceptors (Lipinski definition) is 4. The van der Waals surface area contributed by atoms with Crippen LogP contribution in [-0.2, 0) is 0 Å². The summed E-state index contributed by atoms with van der Waals surface area (Å²) in [4.78, 5) is 26.1. The summed E-state index contributed by atoms with van der Waals surface area (Å²) in [7, 11) is 0. The second kappa shape index (κ2) is 8.13. The fourth-order valence-electron chi connectivity index (χ4n) is 3.83. The molecule has 0 aliphatic heterocycles. The zero-order valence-electron chi connectivity index (χ0n) is 15.1. The molecular weight excluding hydrogens is 328 g/mol. The lowest BCUT2D eigenvalue weighted by Crippen LogP contribution is -2.37. The van der Waals surface area contributed by atoms with Crippen LogP contribution in [0.2, 0.25) is 0 Å². The molecule has 0 saturated heterocycles. The van der Waals surface area contributed by atoms with Crippen molar-refractivity contribution < 1.29 is 9.72 Å². The summed E-state index contributed by atoms with van der Waals surface area (Å²) in [5.74, 6) is -0.194. The lowest BCUT2D eigenvalue weighted by molar-refractivity contribution is -0.384. The Morgan fingerprint density at radius 2 is 1.77 bits per heavy atom. The monoisotopic (exact) mass is 352 g/mol. The number of nitrogens with zero attached hydrogens (tertiary/aromatic N) is 2. The minimum atomic E-state index is -0.372. The van der Waals surface area contributed by atoms with Crippen molar-refractivity contribution >= 4 is 17.2 Å². The van der Waals surface area contributed by atoms with Crippen molar-refractivity contribution in [2.75, 3.05) is 11.4 Å². The summed E-state index contributed by atoms with van der Waals surface area (Å²) >= 11 is 0. The third kappa shape index (κ3) is 3.77. The van der Waals surface area contributed by atoms with Crippen LogP contribution < -0.4 is 4.90 Å². The molecule has 1 aliphatic rings. The van der Waals surface area contributed by atoms with E-state index in [1.165, 1.54) is 25.3 Å². The summed E-state index contributed by atoms with van der Waals surface area (Å²) in [5.41, 5.74) is 1.52. The Hall–Kier alpha value is -2.69. The maximum atomic E-state index is 12.6. The van der Waals surface area contributed by atoms with E-state index < -0.39 is 0 Å². The van der Waals surface area contributed by atoms with E-state index in [0.717, 1.165) is 19.4 Å². The summed E-state index contributed by atoms with van der Waals surface area (Å²) < 4.78 is 0. The fraction of sp³-hybridized carbons (Fsp3) is 0.381. The van der Waals surface area contributed by atoms with E-state index in [1.807, 2.05) is 13.0 Å². The number of ketones is 1. The number of nitro groups is 1. The van der Waals surface area contributed by atoms with Gasteiger partial charge in [0.1, 0.15) is 5.69 Å². The first-order valence-electron chi connectivity index (χ1n) is 9.26. The number of anilines is 1. The molecule has 0 atom stereocenters. The molecule has 1 aliphatic carbocycles. The Bertz CT molecular complexity index is 783. The molecule has 5 heteroatoms. The SMILES string of the molecule is CCN(c1ccc(C(=O)c2ccccc2)cc1[N+](=O)[O-])C1CCCCC1.